The summed E-state index contributed by atoms with van der Waals surface area (Å²) in [6.45, 7) is 2.86. The molecule has 1 aromatic carbocycles. The molecule has 5 heteroatoms. The Morgan fingerprint density at radius 3 is 2.44 bits per heavy atom. The van der Waals surface area contributed by atoms with Crippen LogP contribution >= 0.6 is 11.8 Å². The monoisotopic (exact) mass is 266 g/mol. The second-order valence-corrected chi connectivity index (χ2v) is 4.94. The van der Waals surface area contributed by atoms with Crippen molar-refractivity contribution in [3.8, 4) is 6.07 Å². The molecule has 0 saturated carbocycles. The number of hydrogen-bond donors (Lipinski definition) is 2. The van der Waals surface area contributed by atoms with Crippen molar-refractivity contribution >= 4 is 17.4 Å². The zero-order valence-electron chi connectivity index (χ0n) is 10.5. The van der Waals surface area contributed by atoms with Gasteiger partial charge in [-0.1, -0.05) is 13.0 Å². The second-order valence-electron chi connectivity index (χ2n) is 3.63. The lowest BCUT2D eigenvalue weighted by atomic mass is 10.1. The van der Waals surface area contributed by atoms with Gasteiger partial charge in [0.1, 0.15) is 6.07 Å². The van der Waals surface area contributed by atoms with Crippen molar-refractivity contribution in [1.82, 2.24) is 0 Å². The van der Waals surface area contributed by atoms with Gasteiger partial charge < -0.3 is 15.1 Å². The Balaban J connectivity index is 3.12. The molecule has 0 saturated heterocycles. The van der Waals surface area contributed by atoms with Crippen molar-refractivity contribution in [2.75, 3.05) is 37.0 Å². The van der Waals surface area contributed by atoms with E-state index in [0.717, 1.165) is 16.3 Å². The van der Waals surface area contributed by atoms with Gasteiger partial charge in [-0.3, -0.25) is 0 Å². The van der Waals surface area contributed by atoms with Gasteiger partial charge in [0, 0.05) is 18.0 Å². The smallest absolute Gasteiger partial charge is 0.103 e. The van der Waals surface area contributed by atoms with E-state index in [-0.39, 0.29) is 13.2 Å². The molecule has 0 spiro atoms. The molecule has 0 heterocycles. The Kier molecular flexibility index (Phi) is 6.58. The summed E-state index contributed by atoms with van der Waals surface area (Å²) in [5.41, 5.74) is 1.39. The van der Waals surface area contributed by atoms with E-state index in [2.05, 4.69) is 6.07 Å². The molecule has 0 aliphatic heterocycles. The number of thioether (sulfide) groups is 1. The average molecular weight is 266 g/mol. The molecule has 0 bridgehead atoms. The molecule has 18 heavy (non-hydrogen) atoms. The van der Waals surface area contributed by atoms with Crippen LogP contribution in [-0.2, 0) is 0 Å². The maximum absolute atomic E-state index is 9.30. The summed E-state index contributed by atoms with van der Waals surface area (Å²) in [4.78, 5) is 2.77. The Morgan fingerprint density at radius 1 is 1.28 bits per heavy atom. The van der Waals surface area contributed by atoms with Crippen molar-refractivity contribution in [3.63, 3.8) is 0 Å². The van der Waals surface area contributed by atoms with Crippen LogP contribution in [0, 0.1) is 11.3 Å². The Hall–Kier alpha value is -1.22. The molecular weight excluding hydrogens is 248 g/mol. The van der Waals surface area contributed by atoms with Crippen LogP contribution in [0.2, 0.25) is 0 Å². The fourth-order valence-corrected chi connectivity index (χ4v) is 2.55. The van der Waals surface area contributed by atoms with Gasteiger partial charge in [-0.25, -0.2) is 0 Å². The number of nitriles is 1. The molecule has 0 fully saturated rings. The van der Waals surface area contributed by atoms with Gasteiger partial charge >= 0.3 is 0 Å². The van der Waals surface area contributed by atoms with Gasteiger partial charge in [0.05, 0.1) is 24.5 Å². The third-order valence-corrected chi connectivity index (χ3v) is 3.44. The summed E-state index contributed by atoms with van der Waals surface area (Å²) < 4.78 is 0. The van der Waals surface area contributed by atoms with Crippen molar-refractivity contribution < 1.29 is 10.2 Å². The predicted octanol–water partition coefficient (Wildman–Crippen LogP) is 1.46. The predicted molar refractivity (Wildman–Crippen MR) is 73.9 cm³/mol. The first-order chi connectivity index (χ1) is 8.78. The molecule has 0 atom stereocenters. The minimum absolute atomic E-state index is 0.00395. The zero-order chi connectivity index (χ0) is 13.4. The lowest BCUT2D eigenvalue weighted by molar-refractivity contribution is 0.281. The molecule has 0 aromatic heterocycles. The van der Waals surface area contributed by atoms with E-state index in [0.29, 0.717) is 18.7 Å². The Bertz CT molecular complexity index is 412. The summed E-state index contributed by atoms with van der Waals surface area (Å²) in [7, 11) is 0. The molecular formula is C13H18N2O2S. The maximum Gasteiger partial charge on any atom is 0.103 e. The third kappa shape index (κ3) is 3.64. The maximum atomic E-state index is 9.30. The van der Waals surface area contributed by atoms with E-state index < -0.39 is 0 Å². The standard InChI is InChI=1S/C13H18N2O2S/c1-2-18-13-5-3-4-12(11(13)10-14)15(6-8-16)7-9-17/h3-5,16-17H,2,6-9H2,1H3. The highest BCUT2D eigenvalue weighted by atomic mass is 32.2. The van der Waals surface area contributed by atoms with Crippen molar-refractivity contribution in [3.05, 3.63) is 23.8 Å². The van der Waals surface area contributed by atoms with Gasteiger partial charge in [0.2, 0.25) is 0 Å². The molecule has 4 nitrogen and oxygen atoms in total. The molecule has 0 unspecified atom stereocenters. The van der Waals surface area contributed by atoms with Gasteiger partial charge in [-0.05, 0) is 17.9 Å². The van der Waals surface area contributed by atoms with Gasteiger partial charge in [-0.2, -0.15) is 5.26 Å². The molecule has 0 aliphatic rings. The third-order valence-electron chi connectivity index (χ3n) is 2.50. The van der Waals surface area contributed by atoms with Crippen LogP contribution in [-0.4, -0.2) is 42.3 Å². The minimum atomic E-state index is -0.00395. The fraction of sp³-hybridized carbons (Fsp3) is 0.462. The first kappa shape index (κ1) is 14.8. The van der Waals surface area contributed by atoms with E-state index in [4.69, 9.17) is 10.2 Å². The highest BCUT2D eigenvalue weighted by Gasteiger charge is 2.13. The van der Waals surface area contributed by atoms with Gasteiger partial charge in [-0.15, -0.1) is 11.8 Å². The zero-order valence-corrected chi connectivity index (χ0v) is 11.3. The normalized spacial score (nSPS) is 10.1. The van der Waals surface area contributed by atoms with Crippen LogP contribution in [0.25, 0.3) is 0 Å². The van der Waals surface area contributed by atoms with Crippen molar-refractivity contribution in [1.29, 1.82) is 5.26 Å². The summed E-state index contributed by atoms with van der Waals surface area (Å²) >= 11 is 1.62. The summed E-state index contributed by atoms with van der Waals surface area (Å²) in [5, 5.41) is 27.4. The van der Waals surface area contributed by atoms with Crippen LogP contribution in [0.1, 0.15) is 12.5 Å². The number of hydrogen-bond acceptors (Lipinski definition) is 5. The second kappa shape index (κ2) is 7.98. The molecule has 1 aromatic rings. The molecule has 0 radical (unpaired) electrons. The quantitative estimate of drug-likeness (QED) is 0.731. The first-order valence-corrected chi connectivity index (χ1v) is 6.89. The van der Waals surface area contributed by atoms with Crippen molar-refractivity contribution in [2.24, 2.45) is 0 Å². The number of nitrogens with zero attached hydrogens (tertiary/aromatic N) is 2. The number of rotatable bonds is 7. The molecule has 0 amide bonds. The Morgan fingerprint density at radius 2 is 1.94 bits per heavy atom. The lowest BCUT2D eigenvalue weighted by Gasteiger charge is -2.24. The average Bonchev–Trinajstić information content (AvgIpc) is 2.38. The molecule has 1 rings (SSSR count). The lowest BCUT2D eigenvalue weighted by Crippen LogP contribution is -2.30. The van der Waals surface area contributed by atoms with Gasteiger partial charge in [0.25, 0.3) is 0 Å². The van der Waals surface area contributed by atoms with Crippen LogP contribution in [0.4, 0.5) is 5.69 Å². The molecule has 0 aliphatic carbocycles. The van der Waals surface area contributed by atoms with E-state index >= 15 is 0 Å². The number of anilines is 1. The summed E-state index contributed by atoms with van der Waals surface area (Å²) in [6, 6.07) is 7.89. The fourth-order valence-electron chi connectivity index (χ4n) is 1.77. The van der Waals surface area contributed by atoms with Gasteiger partial charge in [0.15, 0.2) is 0 Å². The molecule has 2 N–H and O–H groups in total. The SMILES string of the molecule is CCSc1cccc(N(CCO)CCO)c1C#N. The Labute approximate surface area is 112 Å². The number of aliphatic hydroxyl groups excluding tert-OH is 2. The van der Waals surface area contributed by atoms with E-state index in [1.165, 1.54) is 0 Å². The number of benzene rings is 1. The largest absolute Gasteiger partial charge is 0.395 e. The van der Waals surface area contributed by atoms with E-state index in [1.807, 2.05) is 30.0 Å². The highest BCUT2D eigenvalue weighted by molar-refractivity contribution is 7.99. The van der Waals surface area contributed by atoms with E-state index in [1.54, 1.807) is 11.8 Å². The van der Waals surface area contributed by atoms with E-state index in [9.17, 15) is 5.26 Å². The van der Waals surface area contributed by atoms with Crippen LogP contribution < -0.4 is 4.90 Å². The minimum Gasteiger partial charge on any atom is -0.395 e. The summed E-state index contributed by atoms with van der Waals surface area (Å²) in [5.74, 6) is 0.901. The highest BCUT2D eigenvalue weighted by Crippen LogP contribution is 2.30. The summed E-state index contributed by atoms with van der Waals surface area (Å²) in [6.07, 6.45) is 0. The van der Waals surface area contributed by atoms with Crippen LogP contribution in [0.5, 0.6) is 0 Å². The topological polar surface area (TPSA) is 67.5 Å². The van der Waals surface area contributed by atoms with Crippen LogP contribution in [0.3, 0.4) is 0 Å². The van der Waals surface area contributed by atoms with Crippen LogP contribution in [0.15, 0.2) is 23.1 Å². The number of aliphatic hydroxyl groups is 2. The molecule has 98 valence electrons. The first-order valence-electron chi connectivity index (χ1n) is 5.91. The van der Waals surface area contributed by atoms with Crippen molar-refractivity contribution in [2.45, 2.75) is 11.8 Å².